The molecule has 9 nitrogen and oxygen atoms in total. The molecule has 3 aromatic rings. The van der Waals surface area contributed by atoms with Crippen LogP contribution < -0.4 is 14.8 Å². The average Bonchev–Trinajstić information content (AvgIpc) is 3.14. The molecule has 0 aliphatic rings. The molecule has 3 rings (SSSR count). The van der Waals surface area contributed by atoms with E-state index in [2.05, 4.69) is 5.32 Å². The fraction of sp³-hybridized carbons (Fsp3) is 0.360. The maximum absolute atomic E-state index is 12.8. The standard InChI is InChI=1S/C25H32N4O5/c1-7-34-21-13-16(11-12-20(21)33-6)19(14-22(30)27(2)3)29-15-17-9-8-10-18(23(17)24(29)31)26-25(32)28(4)5/h8-13,15,19,31H,7,14H2,1-6H3,(H,26,32). The number of fused-ring (bicyclic) bond motifs is 1. The van der Waals surface area contributed by atoms with Gasteiger partial charge in [0.15, 0.2) is 11.5 Å². The minimum absolute atomic E-state index is 0.0463. The molecule has 0 saturated carbocycles. The molecule has 0 radical (unpaired) electrons. The molecule has 3 amide bonds. The summed E-state index contributed by atoms with van der Waals surface area (Å²) in [7, 11) is 8.24. The normalized spacial score (nSPS) is 11.7. The van der Waals surface area contributed by atoms with Crippen LogP contribution in [0.1, 0.15) is 24.9 Å². The third-order valence-corrected chi connectivity index (χ3v) is 5.57. The van der Waals surface area contributed by atoms with Crippen molar-refractivity contribution in [1.82, 2.24) is 14.4 Å². The van der Waals surface area contributed by atoms with Crippen molar-refractivity contribution < 1.29 is 24.2 Å². The maximum atomic E-state index is 12.8. The van der Waals surface area contributed by atoms with Gasteiger partial charge in [0, 0.05) is 39.8 Å². The third-order valence-electron chi connectivity index (χ3n) is 5.57. The Morgan fingerprint density at radius 3 is 2.44 bits per heavy atom. The Bertz CT molecular complexity index is 1190. The number of hydrogen-bond acceptors (Lipinski definition) is 5. The highest BCUT2D eigenvalue weighted by molar-refractivity contribution is 6.04. The number of rotatable bonds is 8. The van der Waals surface area contributed by atoms with E-state index in [-0.39, 0.29) is 24.2 Å². The smallest absolute Gasteiger partial charge is 0.321 e. The molecule has 0 aliphatic heterocycles. The Morgan fingerprint density at radius 1 is 1.09 bits per heavy atom. The van der Waals surface area contributed by atoms with Crippen molar-refractivity contribution in [3.8, 4) is 17.4 Å². The number of nitrogens with zero attached hydrogens (tertiary/aromatic N) is 3. The molecule has 0 aliphatic carbocycles. The molecule has 2 N–H and O–H groups in total. The van der Waals surface area contributed by atoms with Crippen molar-refractivity contribution in [3.05, 3.63) is 48.2 Å². The third kappa shape index (κ3) is 5.03. The van der Waals surface area contributed by atoms with Crippen LogP contribution in [0, 0.1) is 0 Å². The zero-order valence-electron chi connectivity index (χ0n) is 20.5. The Kier molecular flexibility index (Phi) is 7.55. The van der Waals surface area contributed by atoms with Crippen LogP contribution in [0.15, 0.2) is 42.6 Å². The summed E-state index contributed by atoms with van der Waals surface area (Å²) in [5.41, 5.74) is 1.25. The number of ether oxygens (including phenoxy) is 2. The maximum Gasteiger partial charge on any atom is 0.321 e. The lowest BCUT2D eigenvalue weighted by Crippen LogP contribution is -2.27. The Hall–Kier alpha value is -3.88. The minimum atomic E-state index is -0.523. The van der Waals surface area contributed by atoms with E-state index in [1.165, 1.54) is 9.80 Å². The quantitative estimate of drug-likeness (QED) is 0.523. The predicted molar refractivity (Wildman–Crippen MR) is 132 cm³/mol. The molecular weight excluding hydrogens is 436 g/mol. The van der Waals surface area contributed by atoms with Gasteiger partial charge < -0.3 is 34.3 Å². The first-order valence-corrected chi connectivity index (χ1v) is 11.0. The van der Waals surface area contributed by atoms with Crippen LogP contribution in [0.5, 0.6) is 17.4 Å². The zero-order valence-corrected chi connectivity index (χ0v) is 20.5. The van der Waals surface area contributed by atoms with Crippen molar-refractivity contribution in [2.45, 2.75) is 19.4 Å². The van der Waals surface area contributed by atoms with E-state index in [9.17, 15) is 14.7 Å². The van der Waals surface area contributed by atoms with E-state index in [0.717, 1.165) is 10.9 Å². The van der Waals surface area contributed by atoms with Gasteiger partial charge in [-0.25, -0.2) is 4.79 Å². The lowest BCUT2D eigenvalue weighted by atomic mass is 10.0. The largest absolute Gasteiger partial charge is 0.494 e. The molecule has 1 heterocycles. The number of methoxy groups -OCH3 is 1. The van der Waals surface area contributed by atoms with Crippen molar-refractivity contribution in [2.24, 2.45) is 0 Å². The highest BCUT2D eigenvalue weighted by Crippen LogP contribution is 2.40. The average molecular weight is 469 g/mol. The first-order valence-electron chi connectivity index (χ1n) is 11.0. The van der Waals surface area contributed by atoms with Gasteiger partial charge in [-0.1, -0.05) is 18.2 Å². The monoisotopic (exact) mass is 468 g/mol. The number of benzene rings is 2. The van der Waals surface area contributed by atoms with Crippen LogP contribution in [0.4, 0.5) is 10.5 Å². The van der Waals surface area contributed by atoms with Gasteiger partial charge >= 0.3 is 6.03 Å². The van der Waals surface area contributed by atoms with Gasteiger partial charge in [0.2, 0.25) is 11.8 Å². The second-order valence-corrected chi connectivity index (χ2v) is 8.31. The highest BCUT2D eigenvalue weighted by Gasteiger charge is 2.25. The number of hydrogen-bond donors (Lipinski definition) is 2. The number of urea groups is 1. The van der Waals surface area contributed by atoms with Crippen molar-refractivity contribution >= 4 is 28.4 Å². The molecule has 0 fully saturated rings. The van der Waals surface area contributed by atoms with Gasteiger partial charge in [-0.3, -0.25) is 4.79 Å². The molecule has 1 atom stereocenters. The van der Waals surface area contributed by atoms with Gasteiger partial charge in [0.05, 0.1) is 37.3 Å². The lowest BCUT2D eigenvalue weighted by molar-refractivity contribution is -0.129. The van der Waals surface area contributed by atoms with E-state index in [0.29, 0.717) is 29.2 Å². The van der Waals surface area contributed by atoms with Crippen LogP contribution >= 0.6 is 0 Å². The molecule has 1 unspecified atom stereocenters. The molecule has 182 valence electrons. The molecule has 34 heavy (non-hydrogen) atoms. The predicted octanol–water partition coefficient (Wildman–Crippen LogP) is 3.92. The van der Waals surface area contributed by atoms with E-state index in [4.69, 9.17) is 9.47 Å². The summed E-state index contributed by atoms with van der Waals surface area (Å²) < 4.78 is 12.8. The topological polar surface area (TPSA) is 96.3 Å². The van der Waals surface area contributed by atoms with Crippen LogP contribution in [-0.4, -0.2) is 73.3 Å². The number of anilines is 1. The minimum Gasteiger partial charge on any atom is -0.494 e. The van der Waals surface area contributed by atoms with Crippen molar-refractivity contribution in [3.63, 3.8) is 0 Å². The summed E-state index contributed by atoms with van der Waals surface area (Å²) in [6, 6.07) is 10.0. The number of aromatic nitrogens is 1. The Labute approximate surface area is 199 Å². The lowest BCUT2D eigenvalue weighted by Gasteiger charge is -2.23. The van der Waals surface area contributed by atoms with Gasteiger partial charge in [0.25, 0.3) is 0 Å². The molecule has 1 aromatic heterocycles. The molecule has 9 heteroatoms. The number of carbonyl (C=O) groups is 2. The zero-order chi connectivity index (χ0) is 25.0. The number of nitrogens with one attached hydrogen (secondary N) is 1. The fourth-order valence-corrected chi connectivity index (χ4v) is 3.73. The highest BCUT2D eigenvalue weighted by atomic mass is 16.5. The molecule has 0 bridgehead atoms. The van der Waals surface area contributed by atoms with Crippen LogP contribution in [-0.2, 0) is 4.79 Å². The Balaban J connectivity index is 2.16. The number of aromatic hydroxyl groups is 1. The van der Waals surface area contributed by atoms with E-state index in [1.54, 1.807) is 64.3 Å². The van der Waals surface area contributed by atoms with Crippen molar-refractivity contribution in [2.75, 3.05) is 47.2 Å². The van der Waals surface area contributed by atoms with Crippen molar-refractivity contribution in [1.29, 1.82) is 0 Å². The molecule has 2 aromatic carbocycles. The summed E-state index contributed by atoms with van der Waals surface area (Å²) in [5.74, 6) is 0.992. The van der Waals surface area contributed by atoms with Gasteiger partial charge in [-0.05, 0) is 30.7 Å². The summed E-state index contributed by atoms with van der Waals surface area (Å²) in [5, 5.41) is 15.3. The second kappa shape index (κ2) is 10.4. The molecular formula is C25H32N4O5. The number of amides is 3. The van der Waals surface area contributed by atoms with Crippen LogP contribution in [0.25, 0.3) is 10.8 Å². The fourth-order valence-electron chi connectivity index (χ4n) is 3.73. The first kappa shape index (κ1) is 24.8. The second-order valence-electron chi connectivity index (χ2n) is 8.31. The van der Waals surface area contributed by atoms with E-state index < -0.39 is 6.04 Å². The molecule has 0 spiro atoms. The first-order chi connectivity index (χ1) is 16.2. The summed E-state index contributed by atoms with van der Waals surface area (Å²) in [6.07, 6.45) is 1.90. The SMILES string of the molecule is CCOc1cc(C(CC(=O)N(C)C)n2cc3cccc(NC(=O)N(C)C)c3c2O)ccc1OC. The summed E-state index contributed by atoms with van der Waals surface area (Å²) in [6.45, 7) is 2.34. The van der Waals surface area contributed by atoms with E-state index in [1.807, 2.05) is 25.1 Å². The summed E-state index contributed by atoms with van der Waals surface area (Å²) in [4.78, 5) is 28.0. The summed E-state index contributed by atoms with van der Waals surface area (Å²) >= 11 is 0. The van der Waals surface area contributed by atoms with Crippen LogP contribution in [0.3, 0.4) is 0 Å². The molecule has 0 saturated heterocycles. The van der Waals surface area contributed by atoms with Gasteiger partial charge in [-0.2, -0.15) is 0 Å². The number of carbonyl (C=O) groups excluding carboxylic acids is 2. The van der Waals surface area contributed by atoms with E-state index >= 15 is 0 Å². The Morgan fingerprint density at radius 2 is 1.82 bits per heavy atom. The van der Waals surface area contributed by atoms with Crippen LogP contribution in [0.2, 0.25) is 0 Å². The van der Waals surface area contributed by atoms with Gasteiger partial charge in [0.1, 0.15) is 0 Å². The van der Waals surface area contributed by atoms with Gasteiger partial charge in [-0.15, -0.1) is 0 Å².